The smallest absolute Gasteiger partial charge is 0.271 e. The number of amides is 2. The van der Waals surface area contributed by atoms with E-state index in [1.807, 2.05) is 29.0 Å². The summed E-state index contributed by atoms with van der Waals surface area (Å²) in [5.74, 6) is 0.247. The molecule has 0 bridgehead atoms. The van der Waals surface area contributed by atoms with Crippen LogP contribution < -0.4 is 5.32 Å². The van der Waals surface area contributed by atoms with Crippen LogP contribution in [0.1, 0.15) is 56.1 Å². The van der Waals surface area contributed by atoms with E-state index in [9.17, 15) is 14.0 Å². The third-order valence-electron chi connectivity index (χ3n) is 7.79. The van der Waals surface area contributed by atoms with Crippen molar-refractivity contribution in [2.45, 2.75) is 64.7 Å². The standard InChI is InChI=1S/C26H30FN3O2S/c1-16-6-4-9-20(17(16)2)28-25(32)26(3)15-29-21-10-11-33-23(21)13-22(29)24(31)30(26)14-18-7-5-8-19(27)12-18/h5,7-8,10-13,16-17,20H,4,6,9,14-15H2,1-3H3,(H,28,32)/t16-,17-,20+,26-/m1/s1. The number of thiophene rings is 1. The lowest BCUT2D eigenvalue weighted by Crippen LogP contribution is -2.65. The van der Waals surface area contributed by atoms with Gasteiger partial charge in [-0.15, -0.1) is 11.3 Å². The van der Waals surface area contributed by atoms with Crippen molar-refractivity contribution in [2.24, 2.45) is 11.8 Å². The van der Waals surface area contributed by atoms with Gasteiger partial charge in [0.15, 0.2) is 0 Å². The molecule has 0 spiro atoms. The molecule has 4 atom stereocenters. The van der Waals surface area contributed by atoms with Crippen LogP contribution in [0.2, 0.25) is 0 Å². The molecule has 5 nitrogen and oxygen atoms in total. The molecule has 1 aromatic carbocycles. The van der Waals surface area contributed by atoms with Crippen molar-refractivity contribution in [3.05, 3.63) is 58.9 Å². The van der Waals surface area contributed by atoms with Crippen molar-refractivity contribution in [2.75, 3.05) is 0 Å². The fraction of sp³-hybridized carbons (Fsp3) is 0.462. The van der Waals surface area contributed by atoms with Gasteiger partial charge in [0.25, 0.3) is 5.91 Å². The summed E-state index contributed by atoms with van der Waals surface area (Å²) in [5.41, 5.74) is 1.14. The lowest BCUT2D eigenvalue weighted by Gasteiger charge is -2.45. The van der Waals surface area contributed by atoms with Crippen molar-refractivity contribution in [1.82, 2.24) is 14.8 Å². The number of hydrogen-bond donors (Lipinski definition) is 1. The molecule has 1 saturated carbocycles. The molecule has 0 radical (unpaired) electrons. The lowest BCUT2D eigenvalue weighted by molar-refractivity contribution is -0.134. The molecule has 1 aliphatic carbocycles. The number of rotatable bonds is 4. The SMILES string of the molecule is C[C@@H]1[C@H](C)CCC[C@@H]1NC(=O)[C@@]1(C)Cn2c(cc3sccc32)C(=O)N1Cc1cccc(F)c1. The van der Waals surface area contributed by atoms with Crippen LogP contribution in [0.4, 0.5) is 4.39 Å². The summed E-state index contributed by atoms with van der Waals surface area (Å²) in [6.45, 7) is 6.83. The van der Waals surface area contributed by atoms with Crippen LogP contribution in [0.3, 0.4) is 0 Å². The highest BCUT2D eigenvalue weighted by molar-refractivity contribution is 7.17. The normalized spacial score (nSPS) is 27.6. The van der Waals surface area contributed by atoms with E-state index in [1.165, 1.54) is 18.6 Å². The fourth-order valence-corrected chi connectivity index (χ4v) is 6.27. The quantitative estimate of drug-likeness (QED) is 0.574. The minimum absolute atomic E-state index is 0.0939. The summed E-state index contributed by atoms with van der Waals surface area (Å²) in [5, 5.41) is 5.31. The van der Waals surface area contributed by atoms with Crippen LogP contribution in [-0.2, 0) is 17.9 Å². The van der Waals surface area contributed by atoms with E-state index in [-0.39, 0.29) is 30.2 Å². The molecule has 5 rings (SSSR count). The van der Waals surface area contributed by atoms with Crippen molar-refractivity contribution >= 4 is 33.4 Å². The van der Waals surface area contributed by atoms with E-state index in [4.69, 9.17) is 0 Å². The average Bonchev–Trinajstić information content (AvgIpc) is 3.37. The Bertz CT molecular complexity index is 1220. The molecule has 0 unspecified atom stereocenters. The van der Waals surface area contributed by atoms with Crippen molar-refractivity contribution in [3.63, 3.8) is 0 Å². The summed E-state index contributed by atoms with van der Waals surface area (Å²) in [7, 11) is 0. The summed E-state index contributed by atoms with van der Waals surface area (Å²) in [6, 6.07) is 10.3. The monoisotopic (exact) mass is 467 g/mol. The molecule has 1 aliphatic heterocycles. The van der Waals surface area contributed by atoms with E-state index in [0.29, 0.717) is 29.6 Å². The molecule has 2 aromatic heterocycles. The first kappa shape index (κ1) is 22.1. The van der Waals surface area contributed by atoms with Gasteiger partial charge in [-0.1, -0.05) is 38.8 Å². The number of nitrogens with zero attached hydrogens (tertiary/aromatic N) is 2. The van der Waals surface area contributed by atoms with Gasteiger partial charge in [0.1, 0.15) is 17.1 Å². The second-order valence-corrected chi connectivity index (χ2v) is 10.9. The van der Waals surface area contributed by atoms with Crippen LogP contribution in [0.5, 0.6) is 0 Å². The van der Waals surface area contributed by atoms with Gasteiger partial charge in [-0.3, -0.25) is 9.59 Å². The highest BCUT2D eigenvalue weighted by atomic mass is 32.1. The van der Waals surface area contributed by atoms with Crippen molar-refractivity contribution in [1.29, 1.82) is 0 Å². The maximum Gasteiger partial charge on any atom is 0.271 e. The lowest BCUT2D eigenvalue weighted by atomic mass is 9.77. The minimum atomic E-state index is -1.09. The zero-order valence-corrected chi connectivity index (χ0v) is 20.1. The molecule has 7 heteroatoms. The largest absolute Gasteiger partial charge is 0.351 e. The van der Waals surface area contributed by atoms with Gasteiger partial charge in [0, 0.05) is 12.6 Å². The number of fused-ring (bicyclic) bond motifs is 3. The number of aromatic nitrogens is 1. The van der Waals surface area contributed by atoms with Crippen LogP contribution >= 0.6 is 11.3 Å². The number of carbonyl (C=O) groups excluding carboxylic acids is 2. The second kappa shape index (κ2) is 8.28. The molecule has 33 heavy (non-hydrogen) atoms. The summed E-state index contributed by atoms with van der Waals surface area (Å²) < 4.78 is 16.9. The van der Waals surface area contributed by atoms with E-state index in [0.717, 1.165) is 23.1 Å². The van der Waals surface area contributed by atoms with Gasteiger partial charge in [0.05, 0.1) is 16.8 Å². The topological polar surface area (TPSA) is 54.3 Å². The van der Waals surface area contributed by atoms with Gasteiger partial charge in [-0.2, -0.15) is 0 Å². The van der Waals surface area contributed by atoms with Crippen LogP contribution in [0.15, 0.2) is 41.8 Å². The third kappa shape index (κ3) is 3.76. The van der Waals surface area contributed by atoms with E-state index in [1.54, 1.807) is 28.4 Å². The second-order valence-electron chi connectivity index (χ2n) is 9.93. The third-order valence-corrected chi connectivity index (χ3v) is 8.64. The molecule has 2 amide bonds. The number of carbonyl (C=O) groups is 2. The van der Waals surface area contributed by atoms with Gasteiger partial charge in [0.2, 0.25) is 5.91 Å². The van der Waals surface area contributed by atoms with E-state index in [2.05, 4.69) is 19.2 Å². The first-order valence-electron chi connectivity index (χ1n) is 11.7. The maximum atomic E-state index is 13.9. The Labute approximate surface area is 197 Å². The van der Waals surface area contributed by atoms with Crippen LogP contribution in [0.25, 0.3) is 10.2 Å². The molecule has 3 heterocycles. The molecule has 0 saturated heterocycles. The number of benzene rings is 1. The maximum absolute atomic E-state index is 13.9. The Balaban J connectivity index is 1.53. The molecular formula is C26H30FN3O2S. The van der Waals surface area contributed by atoms with Crippen molar-refractivity contribution in [3.8, 4) is 0 Å². The molecule has 2 aliphatic rings. The minimum Gasteiger partial charge on any atom is -0.351 e. The molecular weight excluding hydrogens is 437 g/mol. The van der Waals surface area contributed by atoms with Gasteiger partial charge in [-0.25, -0.2) is 4.39 Å². The summed E-state index contributed by atoms with van der Waals surface area (Å²) in [4.78, 5) is 29.2. The molecule has 1 N–H and O–H groups in total. The Morgan fingerprint density at radius 2 is 2.06 bits per heavy atom. The van der Waals surface area contributed by atoms with Gasteiger partial charge >= 0.3 is 0 Å². The molecule has 174 valence electrons. The summed E-state index contributed by atoms with van der Waals surface area (Å²) in [6.07, 6.45) is 3.23. The predicted molar refractivity (Wildman–Crippen MR) is 129 cm³/mol. The average molecular weight is 468 g/mol. The molecule has 1 fully saturated rings. The van der Waals surface area contributed by atoms with E-state index < -0.39 is 5.54 Å². The van der Waals surface area contributed by atoms with Crippen LogP contribution in [0, 0.1) is 17.7 Å². The number of halogens is 1. The summed E-state index contributed by atoms with van der Waals surface area (Å²) >= 11 is 1.59. The first-order valence-corrected chi connectivity index (χ1v) is 12.6. The van der Waals surface area contributed by atoms with Crippen LogP contribution in [-0.4, -0.2) is 32.9 Å². The number of nitrogens with one attached hydrogen (secondary N) is 1. The highest BCUT2D eigenvalue weighted by Gasteiger charge is 2.48. The predicted octanol–water partition coefficient (Wildman–Crippen LogP) is 5.20. The number of hydrogen-bond acceptors (Lipinski definition) is 3. The van der Waals surface area contributed by atoms with Gasteiger partial charge in [-0.05, 0) is 60.4 Å². The zero-order valence-electron chi connectivity index (χ0n) is 19.3. The van der Waals surface area contributed by atoms with E-state index >= 15 is 0 Å². The van der Waals surface area contributed by atoms with Gasteiger partial charge < -0.3 is 14.8 Å². The Morgan fingerprint density at radius 3 is 2.85 bits per heavy atom. The Morgan fingerprint density at radius 1 is 1.24 bits per heavy atom. The molecule has 3 aromatic rings. The first-order chi connectivity index (χ1) is 15.8. The Hall–Kier alpha value is -2.67. The Kier molecular flexibility index (Phi) is 5.55. The highest BCUT2D eigenvalue weighted by Crippen LogP contribution is 2.36. The fourth-order valence-electron chi connectivity index (χ4n) is 5.45. The zero-order chi connectivity index (χ0) is 23.3. The van der Waals surface area contributed by atoms with Crippen molar-refractivity contribution < 1.29 is 14.0 Å².